The van der Waals surface area contributed by atoms with Gasteiger partial charge in [-0.2, -0.15) is 0 Å². The van der Waals surface area contributed by atoms with Gasteiger partial charge in [0.2, 0.25) is 0 Å². The van der Waals surface area contributed by atoms with Crippen molar-refractivity contribution in [2.75, 3.05) is 26.7 Å². The molecule has 7 nitrogen and oxygen atoms in total. The van der Waals surface area contributed by atoms with Crippen LogP contribution in [0.4, 0.5) is 0 Å². The number of nitrogens with zero attached hydrogens (tertiary/aromatic N) is 4. The van der Waals surface area contributed by atoms with E-state index < -0.39 is 0 Å². The van der Waals surface area contributed by atoms with Crippen LogP contribution in [-0.2, 0) is 11.2 Å². The molecule has 2 N–H and O–H groups in total. The predicted octanol–water partition coefficient (Wildman–Crippen LogP) is 2.67. The van der Waals surface area contributed by atoms with E-state index >= 15 is 0 Å². The largest absolute Gasteiger partial charge is 0.377 e. The van der Waals surface area contributed by atoms with E-state index in [0.29, 0.717) is 5.92 Å². The van der Waals surface area contributed by atoms with E-state index in [-0.39, 0.29) is 11.5 Å². The molecule has 0 amide bonds. The molecule has 2 atom stereocenters. The summed E-state index contributed by atoms with van der Waals surface area (Å²) in [5, 5.41) is 15.4. The van der Waals surface area contributed by atoms with Crippen LogP contribution < -0.4 is 10.6 Å². The van der Waals surface area contributed by atoms with Gasteiger partial charge in [0.15, 0.2) is 11.6 Å². The first-order valence-corrected chi connectivity index (χ1v) is 10.3. The third-order valence-corrected chi connectivity index (χ3v) is 5.31. The number of pyridine rings is 1. The van der Waals surface area contributed by atoms with Crippen molar-refractivity contribution >= 4 is 11.6 Å². The number of guanidine groups is 1. The van der Waals surface area contributed by atoms with Gasteiger partial charge >= 0.3 is 0 Å². The predicted molar refractivity (Wildman–Crippen MR) is 113 cm³/mol. The molecular weight excluding hydrogens is 352 g/mol. The van der Waals surface area contributed by atoms with Crippen LogP contribution in [0.1, 0.15) is 45.9 Å². The molecule has 2 unspecified atom stereocenters. The molecule has 2 aromatic heterocycles. The lowest BCUT2D eigenvalue weighted by molar-refractivity contribution is -0.0835. The zero-order chi connectivity index (χ0) is 20.0. The quantitative estimate of drug-likeness (QED) is 0.453. The van der Waals surface area contributed by atoms with Crippen LogP contribution in [-0.4, -0.2) is 53.4 Å². The Hall–Kier alpha value is -2.15. The molecule has 3 rings (SSSR count). The molecule has 0 radical (unpaired) electrons. The van der Waals surface area contributed by atoms with Crippen molar-refractivity contribution in [3.05, 3.63) is 30.2 Å². The lowest BCUT2D eigenvalue weighted by Gasteiger charge is -2.40. The average molecular weight is 387 g/mol. The Bertz CT molecular complexity index is 779. The number of ether oxygens (including phenoxy) is 1. The second kappa shape index (κ2) is 9.37. The summed E-state index contributed by atoms with van der Waals surface area (Å²) in [6.07, 6.45) is 6.47. The molecule has 0 bridgehead atoms. The molecule has 1 aliphatic heterocycles. The molecule has 0 aliphatic carbocycles. The van der Waals surface area contributed by atoms with E-state index in [1.165, 1.54) is 6.42 Å². The molecular formula is C21H34N6O. The smallest absolute Gasteiger partial charge is 0.190 e. The highest BCUT2D eigenvalue weighted by molar-refractivity contribution is 5.79. The molecule has 1 fully saturated rings. The summed E-state index contributed by atoms with van der Waals surface area (Å²) in [5.41, 5.74) is 1.05. The number of nitrogens with one attached hydrogen (secondary N) is 2. The fourth-order valence-corrected chi connectivity index (χ4v) is 3.97. The Balaban J connectivity index is 1.43. The van der Waals surface area contributed by atoms with E-state index in [0.717, 1.165) is 56.4 Å². The van der Waals surface area contributed by atoms with Crippen LogP contribution in [0.2, 0.25) is 0 Å². The van der Waals surface area contributed by atoms with Gasteiger partial charge < -0.3 is 15.4 Å². The van der Waals surface area contributed by atoms with Gasteiger partial charge in [0, 0.05) is 45.3 Å². The first kappa shape index (κ1) is 20.6. The van der Waals surface area contributed by atoms with Gasteiger partial charge in [0.05, 0.1) is 6.10 Å². The summed E-state index contributed by atoms with van der Waals surface area (Å²) in [6.45, 7) is 9.39. The van der Waals surface area contributed by atoms with Gasteiger partial charge in [-0.15, -0.1) is 10.2 Å². The van der Waals surface area contributed by atoms with Crippen LogP contribution in [0.15, 0.2) is 29.4 Å². The number of aliphatic imine (C=N–C) groups is 1. The molecule has 7 heteroatoms. The second-order valence-electron chi connectivity index (χ2n) is 8.59. The van der Waals surface area contributed by atoms with Crippen molar-refractivity contribution in [2.45, 2.75) is 52.6 Å². The van der Waals surface area contributed by atoms with Crippen molar-refractivity contribution in [3.63, 3.8) is 0 Å². The molecule has 0 aromatic carbocycles. The monoisotopic (exact) mass is 386 g/mol. The minimum absolute atomic E-state index is 0.157. The fourth-order valence-electron chi connectivity index (χ4n) is 3.97. The van der Waals surface area contributed by atoms with Crippen LogP contribution in [0, 0.1) is 11.3 Å². The fraction of sp³-hybridized carbons (Fsp3) is 0.667. The summed E-state index contributed by atoms with van der Waals surface area (Å²) in [6, 6.07) is 5.95. The van der Waals surface area contributed by atoms with Crippen molar-refractivity contribution in [3.8, 4) is 0 Å². The minimum atomic E-state index is 0.157. The van der Waals surface area contributed by atoms with Gasteiger partial charge in [-0.3, -0.25) is 9.39 Å². The number of fused-ring (bicyclic) bond motifs is 1. The first-order valence-electron chi connectivity index (χ1n) is 10.3. The molecule has 1 aliphatic rings. The average Bonchev–Trinajstić information content (AvgIpc) is 3.10. The third kappa shape index (κ3) is 5.22. The Morgan fingerprint density at radius 3 is 2.93 bits per heavy atom. The summed E-state index contributed by atoms with van der Waals surface area (Å²) in [7, 11) is 1.82. The Morgan fingerprint density at radius 2 is 2.14 bits per heavy atom. The molecule has 1 saturated heterocycles. The van der Waals surface area contributed by atoms with E-state index in [9.17, 15) is 0 Å². The van der Waals surface area contributed by atoms with Gasteiger partial charge in [-0.05, 0) is 36.8 Å². The Kier molecular flexibility index (Phi) is 6.88. The van der Waals surface area contributed by atoms with Gasteiger partial charge in [0.1, 0.15) is 5.82 Å². The van der Waals surface area contributed by atoms with Crippen LogP contribution >= 0.6 is 0 Å². The third-order valence-electron chi connectivity index (χ3n) is 5.31. The zero-order valence-corrected chi connectivity index (χ0v) is 17.6. The van der Waals surface area contributed by atoms with Crippen molar-refractivity contribution in [2.24, 2.45) is 16.3 Å². The number of hydrogen-bond donors (Lipinski definition) is 2. The molecule has 154 valence electrons. The first-order chi connectivity index (χ1) is 13.5. The maximum Gasteiger partial charge on any atom is 0.190 e. The number of aromatic nitrogens is 3. The highest BCUT2D eigenvalue weighted by Crippen LogP contribution is 2.33. The number of aryl methyl sites for hydroxylation is 1. The topological polar surface area (TPSA) is 75.8 Å². The normalized spacial score (nSPS) is 21.1. The van der Waals surface area contributed by atoms with Gasteiger partial charge in [0.25, 0.3) is 0 Å². The Labute approximate surface area is 168 Å². The molecule has 28 heavy (non-hydrogen) atoms. The number of rotatable bonds is 6. The molecule has 3 heterocycles. The van der Waals surface area contributed by atoms with Gasteiger partial charge in [-0.25, -0.2) is 0 Å². The maximum absolute atomic E-state index is 6.08. The van der Waals surface area contributed by atoms with Gasteiger partial charge in [-0.1, -0.05) is 26.8 Å². The van der Waals surface area contributed by atoms with Crippen LogP contribution in [0.5, 0.6) is 0 Å². The Morgan fingerprint density at radius 1 is 1.29 bits per heavy atom. The van der Waals surface area contributed by atoms with Crippen molar-refractivity contribution in [1.29, 1.82) is 0 Å². The highest BCUT2D eigenvalue weighted by Gasteiger charge is 2.35. The highest BCUT2D eigenvalue weighted by atomic mass is 16.5. The standard InChI is InChI=1S/C21H34N6O/c1-21(2,3)19-16(9-8-14-28-19)15-24-20(22-4)23-12-7-11-18-26-25-17-10-5-6-13-27(17)18/h5-6,10,13,16,19H,7-9,11-12,14-15H2,1-4H3,(H2,22,23,24). The summed E-state index contributed by atoms with van der Waals surface area (Å²) < 4.78 is 8.12. The minimum Gasteiger partial charge on any atom is -0.377 e. The van der Waals surface area contributed by atoms with Crippen molar-refractivity contribution < 1.29 is 4.74 Å². The molecule has 2 aromatic rings. The van der Waals surface area contributed by atoms with Crippen LogP contribution in [0.3, 0.4) is 0 Å². The zero-order valence-electron chi connectivity index (χ0n) is 17.6. The summed E-state index contributed by atoms with van der Waals surface area (Å²) >= 11 is 0. The van der Waals surface area contributed by atoms with Crippen LogP contribution in [0.25, 0.3) is 5.65 Å². The van der Waals surface area contributed by atoms with E-state index in [4.69, 9.17) is 4.74 Å². The van der Waals surface area contributed by atoms with E-state index in [1.54, 1.807) is 0 Å². The maximum atomic E-state index is 6.08. The van der Waals surface area contributed by atoms with E-state index in [2.05, 4.69) is 46.6 Å². The van der Waals surface area contributed by atoms with E-state index in [1.807, 2.05) is 35.8 Å². The molecule has 0 spiro atoms. The summed E-state index contributed by atoms with van der Waals surface area (Å²) in [4.78, 5) is 4.36. The number of hydrogen-bond acceptors (Lipinski definition) is 4. The molecule has 0 saturated carbocycles. The second-order valence-corrected chi connectivity index (χ2v) is 8.59. The lowest BCUT2D eigenvalue weighted by Crippen LogP contribution is -2.47. The SMILES string of the molecule is CN=C(NCCCc1nnc2ccccn12)NCC1CCCOC1C(C)(C)C. The summed E-state index contributed by atoms with van der Waals surface area (Å²) in [5.74, 6) is 2.35. The van der Waals surface area contributed by atoms with Crippen molar-refractivity contribution in [1.82, 2.24) is 25.2 Å². The lowest BCUT2D eigenvalue weighted by atomic mass is 9.78.